The lowest BCUT2D eigenvalue weighted by Gasteiger charge is -2.29. The van der Waals surface area contributed by atoms with Crippen LogP contribution < -0.4 is 10.0 Å². The summed E-state index contributed by atoms with van der Waals surface area (Å²) in [5.41, 5.74) is 3.36. The Morgan fingerprint density at radius 2 is 1.75 bits per heavy atom. The minimum Gasteiger partial charge on any atom is -0.348 e. The molecule has 2 aromatic rings. The highest BCUT2D eigenvalue weighted by Crippen LogP contribution is 2.29. The van der Waals surface area contributed by atoms with Crippen molar-refractivity contribution in [3.8, 4) is 0 Å². The number of sulfonamides is 1. The molecular weight excluding hydrogens is 372 g/mol. The third kappa shape index (κ3) is 4.62. The van der Waals surface area contributed by atoms with E-state index in [1.807, 2.05) is 39.0 Å². The Kier molecular flexibility index (Phi) is 6.20. The van der Waals surface area contributed by atoms with Crippen molar-refractivity contribution in [3.63, 3.8) is 0 Å². The maximum atomic E-state index is 13.0. The summed E-state index contributed by atoms with van der Waals surface area (Å²) < 4.78 is 28.1. The number of nitrogens with one attached hydrogen (secondary N) is 2. The Morgan fingerprint density at radius 3 is 2.43 bits per heavy atom. The van der Waals surface area contributed by atoms with Gasteiger partial charge >= 0.3 is 0 Å². The second kappa shape index (κ2) is 8.45. The van der Waals surface area contributed by atoms with E-state index in [-0.39, 0.29) is 22.8 Å². The number of rotatable bonds is 6. The van der Waals surface area contributed by atoms with Crippen molar-refractivity contribution in [3.05, 3.63) is 65.2 Å². The van der Waals surface area contributed by atoms with Crippen LogP contribution in [0.5, 0.6) is 0 Å². The van der Waals surface area contributed by atoms with Crippen LogP contribution in [0.1, 0.15) is 49.4 Å². The quantitative estimate of drug-likeness (QED) is 0.779. The van der Waals surface area contributed by atoms with Gasteiger partial charge in [-0.15, -0.1) is 0 Å². The number of benzene rings is 2. The van der Waals surface area contributed by atoms with E-state index in [1.54, 1.807) is 24.3 Å². The first-order valence-electron chi connectivity index (χ1n) is 9.75. The Balaban J connectivity index is 1.77. The molecule has 0 aromatic heterocycles. The van der Waals surface area contributed by atoms with Crippen LogP contribution in [-0.2, 0) is 21.2 Å². The molecule has 1 aliphatic carbocycles. The highest BCUT2D eigenvalue weighted by molar-refractivity contribution is 7.89. The molecular formula is C22H28N2O3S. The normalized spacial score (nSPS) is 17.8. The minimum atomic E-state index is -3.78. The number of carbonyl (C=O) groups is 1. The van der Waals surface area contributed by atoms with Crippen LogP contribution in [0.2, 0.25) is 0 Å². The lowest BCUT2D eigenvalue weighted by molar-refractivity contribution is -0.124. The van der Waals surface area contributed by atoms with Gasteiger partial charge in [0.05, 0.1) is 10.9 Å². The van der Waals surface area contributed by atoms with Crippen LogP contribution in [0.25, 0.3) is 0 Å². The Bertz CT molecular complexity index is 937. The van der Waals surface area contributed by atoms with E-state index in [0.29, 0.717) is 0 Å². The summed E-state index contributed by atoms with van der Waals surface area (Å²) in [6, 6.07) is 13.8. The zero-order chi connectivity index (χ0) is 20.3. The summed E-state index contributed by atoms with van der Waals surface area (Å²) >= 11 is 0. The molecule has 0 spiro atoms. The number of fused-ring (bicyclic) bond motifs is 1. The fourth-order valence-corrected chi connectivity index (χ4v) is 4.95. The summed E-state index contributed by atoms with van der Waals surface area (Å²) in [7, 11) is -3.78. The average Bonchev–Trinajstić information content (AvgIpc) is 2.66. The predicted molar refractivity (Wildman–Crippen MR) is 110 cm³/mol. The van der Waals surface area contributed by atoms with Crippen molar-refractivity contribution >= 4 is 15.9 Å². The predicted octanol–water partition coefficient (Wildman–Crippen LogP) is 3.49. The van der Waals surface area contributed by atoms with Crippen molar-refractivity contribution < 1.29 is 13.2 Å². The van der Waals surface area contributed by atoms with Gasteiger partial charge in [0, 0.05) is 0 Å². The molecule has 5 nitrogen and oxygen atoms in total. The number of amides is 1. The first kappa shape index (κ1) is 20.6. The topological polar surface area (TPSA) is 75.3 Å². The van der Waals surface area contributed by atoms with Crippen LogP contribution in [0, 0.1) is 12.8 Å². The number of carbonyl (C=O) groups excluding carboxylic acids is 1. The van der Waals surface area contributed by atoms with Crippen LogP contribution in [0.15, 0.2) is 53.4 Å². The Labute approximate surface area is 167 Å². The zero-order valence-corrected chi connectivity index (χ0v) is 17.4. The van der Waals surface area contributed by atoms with E-state index in [9.17, 15) is 13.2 Å². The molecule has 3 rings (SSSR count). The summed E-state index contributed by atoms with van der Waals surface area (Å²) in [4.78, 5) is 13.2. The minimum absolute atomic E-state index is 0.0809. The fourth-order valence-electron chi connectivity index (χ4n) is 3.61. The lowest BCUT2D eigenvalue weighted by atomic mass is 9.87. The zero-order valence-electron chi connectivity index (χ0n) is 16.6. The molecule has 0 unspecified atom stereocenters. The molecule has 2 atom stereocenters. The molecule has 2 N–H and O–H groups in total. The molecule has 2 aromatic carbocycles. The second-order valence-corrected chi connectivity index (χ2v) is 9.52. The van der Waals surface area contributed by atoms with Crippen LogP contribution >= 0.6 is 0 Å². The maximum Gasteiger partial charge on any atom is 0.241 e. The van der Waals surface area contributed by atoms with E-state index in [4.69, 9.17) is 0 Å². The van der Waals surface area contributed by atoms with E-state index in [2.05, 4.69) is 16.1 Å². The molecule has 0 radical (unpaired) electrons. The van der Waals surface area contributed by atoms with Gasteiger partial charge in [-0.2, -0.15) is 4.72 Å². The van der Waals surface area contributed by atoms with Crippen molar-refractivity contribution in [1.29, 1.82) is 0 Å². The molecule has 28 heavy (non-hydrogen) atoms. The first-order valence-corrected chi connectivity index (χ1v) is 11.2. The molecule has 150 valence electrons. The van der Waals surface area contributed by atoms with Crippen molar-refractivity contribution in [2.24, 2.45) is 5.92 Å². The van der Waals surface area contributed by atoms with E-state index >= 15 is 0 Å². The van der Waals surface area contributed by atoms with Crippen molar-refractivity contribution in [1.82, 2.24) is 10.0 Å². The average molecular weight is 401 g/mol. The van der Waals surface area contributed by atoms with Gasteiger partial charge in [-0.05, 0) is 55.4 Å². The third-order valence-electron chi connectivity index (χ3n) is 5.25. The van der Waals surface area contributed by atoms with E-state index < -0.39 is 16.1 Å². The largest absolute Gasteiger partial charge is 0.348 e. The highest BCUT2D eigenvalue weighted by atomic mass is 32.2. The standard InChI is InChI=1S/C22H28N2O3S/c1-15(2)21(24-28(26,27)18-13-11-16(3)12-14-18)22(25)23-20-10-6-8-17-7-4-5-9-19(17)20/h4-5,7,9,11-15,20-21,24H,6,8,10H2,1-3H3,(H,23,25)/t20-,21+/m0/s1. The van der Waals surface area contributed by atoms with Gasteiger partial charge in [0.2, 0.25) is 15.9 Å². The van der Waals surface area contributed by atoms with Crippen molar-refractivity contribution in [2.45, 2.75) is 57.0 Å². The van der Waals surface area contributed by atoms with Gasteiger partial charge in [-0.25, -0.2) is 8.42 Å². The smallest absolute Gasteiger partial charge is 0.241 e. The van der Waals surface area contributed by atoms with Crippen LogP contribution in [0.4, 0.5) is 0 Å². The summed E-state index contributed by atoms with van der Waals surface area (Å²) in [6.45, 7) is 5.59. The SMILES string of the molecule is Cc1ccc(S(=O)(=O)N[C@@H](C(=O)N[C@H]2CCCc3ccccc32)C(C)C)cc1. The number of hydrogen-bond donors (Lipinski definition) is 2. The first-order chi connectivity index (χ1) is 13.3. The highest BCUT2D eigenvalue weighted by Gasteiger charge is 2.31. The van der Waals surface area contributed by atoms with Gasteiger partial charge < -0.3 is 5.32 Å². The third-order valence-corrected chi connectivity index (χ3v) is 6.71. The van der Waals surface area contributed by atoms with Crippen LogP contribution in [0.3, 0.4) is 0 Å². The summed E-state index contributed by atoms with van der Waals surface area (Å²) in [6.07, 6.45) is 2.87. The maximum absolute atomic E-state index is 13.0. The second-order valence-electron chi connectivity index (χ2n) is 7.81. The van der Waals surface area contributed by atoms with Gasteiger partial charge in [-0.3, -0.25) is 4.79 Å². The number of hydrogen-bond acceptors (Lipinski definition) is 3. The molecule has 0 bridgehead atoms. The Hall–Kier alpha value is -2.18. The van der Waals surface area contributed by atoms with Gasteiger partial charge in [0.15, 0.2) is 0 Å². The molecule has 1 amide bonds. The molecule has 0 heterocycles. The van der Waals surface area contributed by atoms with Gasteiger partial charge in [-0.1, -0.05) is 55.8 Å². The number of aryl methyl sites for hydroxylation is 2. The fraction of sp³-hybridized carbons (Fsp3) is 0.409. The summed E-state index contributed by atoms with van der Waals surface area (Å²) in [5.74, 6) is -0.466. The van der Waals surface area contributed by atoms with Gasteiger partial charge in [0.25, 0.3) is 0 Å². The summed E-state index contributed by atoms with van der Waals surface area (Å²) in [5, 5.41) is 3.07. The van der Waals surface area contributed by atoms with E-state index in [1.165, 1.54) is 5.56 Å². The Morgan fingerprint density at radius 1 is 1.07 bits per heavy atom. The monoisotopic (exact) mass is 400 g/mol. The van der Waals surface area contributed by atoms with Crippen LogP contribution in [-0.4, -0.2) is 20.4 Å². The molecule has 0 fully saturated rings. The van der Waals surface area contributed by atoms with Crippen molar-refractivity contribution in [2.75, 3.05) is 0 Å². The molecule has 0 saturated heterocycles. The lowest BCUT2D eigenvalue weighted by Crippen LogP contribution is -2.50. The molecule has 0 aliphatic heterocycles. The molecule has 0 saturated carbocycles. The molecule has 6 heteroatoms. The molecule has 1 aliphatic rings. The van der Waals surface area contributed by atoms with Gasteiger partial charge in [0.1, 0.15) is 6.04 Å². The van der Waals surface area contributed by atoms with E-state index in [0.717, 1.165) is 30.4 Å².